The van der Waals surface area contributed by atoms with Gasteiger partial charge >= 0.3 is 5.97 Å². The van der Waals surface area contributed by atoms with Crippen molar-refractivity contribution in [2.75, 3.05) is 7.11 Å². The zero-order valence-electron chi connectivity index (χ0n) is 7.51. The van der Waals surface area contributed by atoms with Gasteiger partial charge < -0.3 is 10.1 Å². The third kappa shape index (κ3) is 1.17. The zero-order valence-corrected chi connectivity index (χ0v) is 7.51. The summed E-state index contributed by atoms with van der Waals surface area (Å²) in [5.41, 5.74) is -0.828. The predicted molar refractivity (Wildman–Crippen MR) is 42.3 cm³/mol. The molecule has 1 aliphatic rings. The summed E-state index contributed by atoms with van der Waals surface area (Å²) >= 11 is 0. The predicted octanol–water partition coefficient (Wildman–Crippen LogP) is 0.0741. The lowest BCUT2D eigenvalue weighted by atomic mass is 9.89. The summed E-state index contributed by atoms with van der Waals surface area (Å²) in [6.07, 6.45) is 0.394. The van der Waals surface area contributed by atoms with Crippen LogP contribution in [0.25, 0.3) is 0 Å². The molecule has 4 nitrogen and oxygen atoms in total. The average Bonchev–Trinajstić information content (AvgIpc) is 2.26. The summed E-state index contributed by atoms with van der Waals surface area (Å²) in [4.78, 5) is 22.2. The largest absolute Gasteiger partial charge is 0.467 e. The normalized spacial score (nSPS) is 34.6. The van der Waals surface area contributed by atoms with Crippen LogP contribution in [0.2, 0.25) is 0 Å². The third-order valence-corrected chi connectivity index (χ3v) is 2.49. The number of esters is 1. The Balaban J connectivity index is 2.84. The molecule has 0 spiro atoms. The zero-order chi connectivity index (χ0) is 9.35. The Morgan fingerprint density at radius 1 is 1.75 bits per heavy atom. The van der Waals surface area contributed by atoms with Gasteiger partial charge in [0.05, 0.1) is 7.11 Å². The molecule has 1 heterocycles. The molecule has 0 aliphatic carbocycles. The quantitative estimate of drug-likeness (QED) is 0.568. The van der Waals surface area contributed by atoms with Gasteiger partial charge in [-0.25, -0.2) is 4.79 Å². The van der Waals surface area contributed by atoms with Gasteiger partial charge in [-0.3, -0.25) is 4.79 Å². The second-order valence-corrected chi connectivity index (χ2v) is 3.35. The van der Waals surface area contributed by atoms with E-state index in [9.17, 15) is 9.59 Å². The van der Waals surface area contributed by atoms with Crippen LogP contribution >= 0.6 is 0 Å². The fourth-order valence-electron chi connectivity index (χ4n) is 1.41. The van der Waals surface area contributed by atoms with Gasteiger partial charge in [0.25, 0.3) is 0 Å². The number of hydrogen-bond donors (Lipinski definition) is 1. The Morgan fingerprint density at radius 2 is 2.33 bits per heavy atom. The molecule has 4 heteroatoms. The molecule has 0 aromatic rings. The Morgan fingerprint density at radius 3 is 2.67 bits per heavy atom. The highest BCUT2D eigenvalue weighted by Gasteiger charge is 2.47. The summed E-state index contributed by atoms with van der Waals surface area (Å²) in [6, 6.07) is 0. The van der Waals surface area contributed by atoms with Crippen LogP contribution in [0.4, 0.5) is 0 Å². The smallest absolute Gasteiger partial charge is 0.331 e. The maximum Gasteiger partial charge on any atom is 0.331 e. The van der Waals surface area contributed by atoms with Crippen molar-refractivity contribution in [3.63, 3.8) is 0 Å². The topological polar surface area (TPSA) is 55.4 Å². The fraction of sp³-hybridized carbons (Fsp3) is 0.750. The molecule has 1 N–H and O–H groups in total. The number of nitrogens with one attached hydrogen (secondary N) is 1. The van der Waals surface area contributed by atoms with Crippen molar-refractivity contribution in [1.29, 1.82) is 0 Å². The SMILES string of the molecule is COC(=O)C1(C)NC(=O)CC1C. The Kier molecular flexibility index (Phi) is 2.08. The van der Waals surface area contributed by atoms with Crippen LogP contribution in [0, 0.1) is 5.92 Å². The minimum Gasteiger partial charge on any atom is -0.467 e. The minimum absolute atomic E-state index is 0.00236. The molecule has 1 fully saturated rings. The van der Waals surface area contributed by atoms with E-state index in [1.165, 1.54) is 7.11 Å². The highest BCUT2D eigenvalue weighted by molar-refractivity contribution is 5.91. The minimum atomic E-state index is -0.828. The highest BCUT2D eigenvalue weighted by atomic mass is 16.5. The van der Waals surface area contributed by atoms with E-state index < -0.39 is 5.54 Å². The van der Waals surface area contributed by atoms with Gasteiger partial charge in [-0.15, -0.1) is 0 Å². The van der Waals surface area contributed by atoms with Crippen molar-refractivity contribution >= 4 is 11.9 Å². The average molecular weight is 171 g/mol. The van der Waals surface area contributed by atoms with Gasteiger partial charge in [0.2, 0.25) is 5.91 Å². The standard InChI is InChI=1S/C8H13NO3/c1-5-4-6(10)9-8(5,2)7(11)12-3/h5H,4H2,1-3H3,(H,9,10). The maximum atomic E-state index is 11.3. The summed E-state index contributed by atoms with van der Waals surface area (Å²) in [5.74, 6) is -0.464. The Labute approximate surface area is 71.3 Å². The van der Waals surface area contributed by atoms with Gasteiger partial charge in [0.15, 0.2) is 0 Å². The summed E-state index contributed by atoms with van der Waals surface area (Å²) in [6.45, 7) is 3.54. The van der Waals surface area contributed by atoms with Crippen molar-refractivity contribution in [3.8, 4) is 0 Å². The van der Waals surface area contributed by atoms with Crippen LogP contribution in [0.1, 0.15) is 20.3 Å². The second kappa shape index (κ2) is 2.77. The fourth-order valence-corrected chi connectivity index (χ4v) is 1.41. The van der Waals surface area contributed by atoms with Crippen molar-refractivity contribution in [1.82, 2.24) is 5.32 Å². The van der Waals surface area contributed by atoms with Crippen LogP contribution in [-0.2, 0) is 14.3 Å². The summed E-state index contributed by atoms with van der Waals surface area (Å²) in [7, 11) is 1.32. The van der Waals surface area contributed by atoms with Crippen molar-refractivity contribution in [3.05, 3.63) is 0 Å². The van der Waals surface area contributed by atoms with E-state index in [4.69, 9.17) is 0 Å². The molecule has 2 unspecified atom stereocenters. The maximum absolute atomic E-state index is 11.3. The lowest BCUT2D eigenvalue weighted by Gasteiger charge is -2.24. The number of carbonyl (C=O) groups excluding carboxylic acids is 2. The number of carbonyl (C=O) groups is 2. The molecule has 0 bridgehead atoms. The first-order valence-corrected chi connectivity index (χ1v) is 3.90. The van der Waals surface area contributed by atoms with E-state index in [0.29, 0.717) is 6.42 Å². The van der Waals surface area contributed by atoms with E-state index in [0.717, 1.165) is 0 Å². The van der Waals surface area contributed by atoms with Crippen molar-refractivity contribution in [2.24, 2.45) is 5.92 Å². The van der Waals surface area contributed by atoms with Gasteiger partial charge in [0.1, 0.15) is 5.54 Å². The van der Waals surface area contributed by atoms with Crippen LogP contribution in [-0.4, -0.2) is 24.5 Å². The van der Waals surface area contributed by atoms with Gasteiger partial charge in [-0.1, -0.05) is 6.92 Å². The van der Waals surface area contributed by atoms with Gasteiger partial charge in [-0.05, 0) is 12.8 Å². The van der Waals surface area contributed by atoms with E-state index in [1.807, 2.05) is 6.92 Å². The Bertz CT molecular complexity index is 226. The molecular weight excluding hydrogens is 158 g/mol. The molecule has 0 aromatic heterocycles. The number of amides is 1. The van der Waals surface area contributed by atoms with Gasteiger partial charge in [0, 0.05) is 6.42 Å². The first kappa shape index (κ1) is 9.03. The third-order valence-electron chi connectivity index (χ3n) is 2.49. The number of hydrogen-bond acceptors (Lipinski definition) is 3. The highest BCUT2D eigenvalue weighted by Crippen LogP contribution is 2.27. The molecule has 0 radical (unpaired) electrons. The second-order valence-electron chi connectivity index (χ2n) is 3.35. The van der Waals surface area contributed by atoms with E-state index in [-0.39, 0.29) is 17.8 Å². The molecule has 1 aliphatic heterocycles. The molecule has 2 atom stereocenters. The van der Waals surface area contributed by atoms with E-state index >= 15 is 0 Å². The lowest BCUT2D eigenvalue weighted by Crippen LogP contribution is -2.50. The Hall–Kier alpha value is -1.06. The lowest BCUT2D eigenvalue weighted by molar-refractivity contribution is -0.149. The van der Waals surface area contributed by atoms with Crippen molar-refractivity contribution < 1.29 is 14.3 Å². The molecule has 68 valence electrons. The van der Waals surface area contributed by atoms with E-state index in [1.54, 1.807) is 6.92 Å². The van der Waals surface area contributed by atoms with Crippen LogP contribution < -0.4 is 5.32 Å². The molecule has 1 rings (SSSR count). The van der Waals surface area contributed by atoms with Crippen LogP contribution in [0.3, 0.4) is 0 Å². The van der Waals surface area contributed by atoms with Crippen molar-refractivity contribution in [2.45, 2.75) is 25.8 Å². The summed E-state index contributed by atoms with van der Waals surface area (Å²) in [5, 5.41) is 2.62. The first-order chi connectivity index (χ1) is 5.50. The molecular formula is C8H13NO3. The number of ether oxygens (including phenoxy) is 1. The summed E-state index contributed by atoms with van der Waals surface area (Å²) < 4.78 is 4.60. The molecule has 0 saturated carbocycles. The van der Waals surface area contributed by atoms with Crippen LogP contribution in [0.5, 0.6) is 0 Å². The first-order valence-electron chi connectivity index (χ1n) is 3.90. The molecule has 1 amide bonds. The van der Waals surface area contributed by atoms with Gasteiger partial charge in [-0.2, -0.15) is 0 Å². The van der Waals surface area contributed by atoms with E-state index in [2.05, 4.69) is 10.1 Å². The number of rotatable bonds is 1. The molecule has 12 heavy (non-hydrogen) atoms. The molecule has 1 saturated heterocycles. The molecule has 0 aromatic carbocycles. The number of methoxy groups -OCH3 is 1. The monoisotopic (exact) mass is 171 g/mol. The van der Waals surface area contributed by atoms with Crippen LogP contribution in [0.15, 0.2) is 0 Å².